The van der Waals surface area contributed by atoms with Crippen LogP contribution in [0.4, 0.5) is 0 Å². The van der Waals surface area contributed by atoms with Crippen molar-refractivity contribution in [3.05, 3.63) is 48.3 Å². The van der Waals surface area contributed by atoms with Crippen molar-refractivity contribution in [2.24, 2.45) is 0 Å². The number of nitriles is 1. The lowest BCUT2D eigenvalue weighted by Gasteiger charge is -2.11. The van der Waals surface area contributed by atoms with E-state index >= 15 is 0 Å². The number of hydrogen-bond donors (Lipinski definition) is 0. The van der Waals surface area contributed by atoms with Crippen LogP contribution >= 0.6 is 0 Å². The van der Waals surface area contributed by atoms with E-state index in [-0.39, 0.29) is 0 Å². The third-order valence-electron chi connectivity index (χ3n) is 2.39. The average Bonchev–Trinajstić information content (AvgIpc) is 2.47. The lowest BCUT2D eigenvalue weighted by Crippen LogP contribution is -1.97. The second-order valence-electron chi connectivity index (χ2n) is 3.89. The topological polar surface area (TPSA) is 55.1 Å². The minimum absolute atomic E-state index is 0.364. The summed E-state index contributed by atoms with van der Waals surface area (Å²) in [6, 6.07) is 12.8. The van der Waals surface area contributed by atoms with Gasteiger partial charge in [-0.25, -0.2) is 4.98 Å². The van der Waals surface area contributed by atoms with Crippen molar-refractivity contribution < 1.29 is 9.47 Å². The number of ether oxygens (including phenoxy) is 2. The Kier molecular flexibility index (Phi) is 4.35. The summed E-state index contributed by atoms with van der Waals surface area (Å²) in [6.07, 6.45) is 2.46. The molecule has 0 amide bonds. The second-order valence-corrected chi connectivity index (χ2v) is 3.89. The van der Waals surface area contributed by atoms with Crippen LogP contribution < -0.4 is 9.47 Å². The predicted octanol–water partition coefficient (Wildman–Crippen LogP) is 3.53. The number of nitrogens with zero attached hydrogens (tertiary/aromatic N) is 2. The van der Waals surface area contributed by atoms with Crippen LogP contribution in [0, 0.1) is 11.3 Å². The third kappa shape index (κ3) is 3.46. The molecule has 0 aliphatic rings. The van der Waals surface area contributed by atoms with E-state index in [0.29, 0.717) is 29.5 Å². The van der Waals surface area contributed by atoms with Gasteiger partial charge in [0.15, 0.2) is 11.5 Å². The molecule has 0 saturated heterocycles. The van der Waals surface area contributed by atoms with Crippen LogP contribution in [0.15, 0.2) is 42.6 Å². The molecule has 1 heterocycles. The molecule has 19 heavy (non-hydrogen) atoms. The average molecular weight is 254 g/mol. The highest BCUT2D eigenvalue weighted by Gasteiger charge is 2.05. The van der Waals surface area contributed by atoms with Gasteiger partial charge in [-0.1, -0.05) is 19.1 Å². The summed E-state index contributed by atoms with van der Waals surface area (Å²) < 4.78 is 11.3. The maximum absolute atomic E-state index is 8.69. The molecule has 0 aliphatic heterocycles. The van der Waals surface area contributed by atoms with E-state index in [9.17, 15) is 0 Å². The van der Waals surface area contributed by atoms with E-state index < -0.39 is 0 Å². The predicted molar refractivity (Wildman–Crippen MR) is 71.3 cm³/mol. The molecule has 1 aromatic carbocycles. The highest BCUT2D eigenvalue weighted by atomic mass is 16.5. The summed E-state index contributed by atoms with van der Waals surface area (Å²) in [6.45, 7) is 2.69. The molecule has 4 heteroatoms. The van der Waals surface area contributed by atoms with Gasteiger partial charge in [-0.15, -0.1) is 0 Å². The second kappa shape index (κ2) is 6.41. The van der Waals surface area contributed by atoms with E-state index in [1.165, 1.54) is 6.20 Å². The lowest BCUT2D eigenvalue weighted by molar-refractivity contribution is 0.302. The molecule has 1 aromatic heterocycles. The molecule has 4 nitrogen and oxygen atoms in total. The Morgan fingerprint density at radius 1 is 1.16 bits per heavy atom. The lowest BCUT2D eigenvalue weighted by atomic mass is 10.3. The van der Waals surface area contributed by atoms with Crippen molar-refractivity contribution in [2.45, 2.75) is 13.3 Å². The van der Waals surface area contributed by atoms with Gasteiger partial charge in [0, 0.05) is 0 Å². The first-order valence-electron chi connectivity index (χ1n) is 6.09. The number of benzene rings is 1. The van der Waals surface area contributed by atoms with E-state index in [1.807, 2.05) is 37.3 Å². The van der Waals surface area contributed by atoms with Gasteiger partial charge >= 0.3 is 0 Å². The Morgan fingerprint density at radius 2 is 1.95 bits per heavy atom. The van der Waals surface area contributed by atoms with Crippen LogP contribution in [0.2, 0.25) is 0 Å². The number of pyridine rings is 1. The van der Waals surface area contributed by atoms with Gasteiger partial charge in [0.2, 0.25) is 0 Å². The molecule has 0 unspecified atom stereocenters. The Balaban J connectivity index is 2.15. The van der Waals surface area contributed by atoms with Gasteiger partial charge in [-0.2, -0.15) is 5.26 Å². The maximum atomic E-state index is 8.69. The fraction of sp³-hybridized carbons (Fsp3) is 0.200. The molecule has 96 valence electrons. The Bertz CT molecular complexity index is 573. The van der Waals surface area contributed by atoms with Crippen molar-refractivity contribution in [1.82, 2.24) is 4.98 Å². The Hall–Kier alpha value is -2.54. The highest BCUT2D eigenvalue weighted by molar-refractivity contribution is 5.42. The quantitative estimate of drug-likeness (QED) is 0.819. The van der Waals surface area contributed by atoms with Crippen molar-refractivity contribution in [3.8, 4) is 23.3 Å². The molecule has 0 radical (unpaired) electrons. The molecule has 0 atom stereocenters. The molecule has 0 spiro atoms. The third-order valence-corrected chi connectivity index (χ3v) is 2.39. The van der Waals surface area contributed by atoms with Gasteiger partial charge in [0.25, 0.3) is 0 Å². The van der Waals surface area contributed by atoms with E-state index in [2.05, 4.69) is 4.98 Å². The van der Waals surface area contributed by atoms with Gasteiger partial charge in [-0.05, 0) is 30.7 Å². The fourth-order valence-corrected chi connectivity index (χ4v) is 1.50. The molecule has 0 fully saturated rings. The number of aromatic nitrogens is 1. The Labute approximate surface area is 112 Å². The Morgan fingerprint density at radius 3 is 2.58 bits per heavy atom. The van der Waals surface area contributed by atoms with Crippen LogP contribution in [0.25, 0.3) is 0 Å². The molecule has 2 aromatic rings. The first kappa shape index (κ1) is 12.9. The van der Waals surface area contributed by atoms with Crippen LogP contribution in [-0.4, -0.2) is 11.6 Å². The molecule has 0 N–H and O–H groups in total. The van der Waals surface area contributed by atoms with E-state index in [4.69, 9.17) is 14.7 Å². The van der Waals surface area contributed by atoms with Gasteiger partial charge < -0.3 is 9.47 Å². The number of rotatable bonds is 5. The van der Waals surface area contributed by atoms with Crippen molar-refractivity contribution in [1.29, 1.82) is 5.26 Å². The van der Waals surface area contributed by atoms with Crippen LogP contribution in [0.3, 0.4) is 0 Å². The summed E-state index contributed by atoms with van der Waals surface area (Å²) in [4.78, 5) is 3.96. The van der Waals surface area contributed by atoms with Crippen LogP contribution in [0.5, 0.6) is 17.2 Å². The number of hydrogen-bond acceptors (Lipinski definition) is 4. The zero-order valence-corrected chi connectivity index (χ0v) is 10.7. The van der Waals surface area contributed by atoms with Crippen molar-refractivity contribution >= 4 is 0 Å². The summed E-state index contributed by atoms with van der Waals surface area (Å²) >= 11 is 0. The van der Waals surface area contributed by atoms with Crippen molar-refractivity contribution in [2.75, 3.05) is 6.61 Å². The van der Waals surface area contributed by atoms with E-state index in [0.717, 1.165) is 6.42 Å². The monoisotopic (exact) mass is 254 g/mol. The molecular formula is C15H14N2O2. The first-order chi connectivity index (χ1) is 9.33. The minimum Gasteiger partial charge on any atom is -0.490 e. The standard InChI is InChI=1S/C15H14N2O2/c1-2-9-18-14-5-3-4-6-15(14)19-13-8-7-12(10-16)17-11-13/h3-8,11H,2,9H2,1H3. The summed E-state index contributed by atoms with van der Waals surface area (Å²) in [7, 11) is 0. The zero-order valence-electron chi connectivity index (χ0n) is 10.7. The van der Waals surface area contributed by atoms with Gasteiger partial charge in [0.05, 0.1) is 12.8 Å². The normalized spacial score (nSPS) is 9.68. The molecular weight excluding hydrogens is 240 g/mol. The molecule has 0 saturated carbocycles. The maximum Gasteiger partial charge on any atom is 0.169 e. The fourth-order valence-electron chi connectivity index (χ4n) is 1.50. The summed E-state index contributed by atoms with van der Waals surface area (Å²) in [5.74, 6) is 1.92. The SMILES string of the molecule is CCCOc1ccccc1Oc1ccc(C#N)nc1. The zero-order chi connectivity index (χ0) is 13.5. The van der Waals surface area contributed by atoms with Crippen LogP contribution in [-0.2, 0) is 0 Å². The highest BCUT2D eigenvalue weighted by Crippen LogP contribution is 2.30. The smallest absolute Gasteiger partial charge is 0.169 e. The summed E-state index contributed by atoms with van der Waals surface area (Å²) in [5, 5.41) is 8.69. The van der Waals surface area contributed by atoms with Crippen molar-refractivity contribution in [3.63, 3.8) is 0 Å². The minimum atomic E-state index is 0.364. The first-order valence-corrected chi connectivity index (χ1v) is 6.09. The number of para-hydroxylation sites is 2. The molecule has 2 rings (SSSR count). The molecule has 0 bridgehead atoms. The van der Waals surface area contributed by atoms with Crippen LogP contribution in [0.1, 0.15) is 19.0 Å². The van der Waals surface area contributed by atoms with Gasteiger partial charge in [0.1, 0.15) is 17.5 Å². The summed E-state index contributed by atoms with van der Waals surface area (Å²) in [5.41, 5.74) is 0.364. The largest absolute Gasteiger partial charge is 0.490 e. The molecule has 0 aliphatic carbocycles. The van der Waals surface area contributed by atoms with Gasteiger partial charge in [-0.3, -0.25) is 0 Å². The van der Waals surface area contributed by atoms with E-state index in [1.54, 1.807) is 12.1 Å².